The SMILES string of the molecule is CC[CH-]F.O=C(c1cc2c(cc1F)c(-c1cccc(Cl)c1)nn2CC1CC1)N1CCC([C-]=Nc2[c-]cccc2)CC1.[Li+]. The van der Waals surface area contributed by atoms with Crippen molar-refractivity contribution in [1.29, 1.82) is 0 Å². The molecule has 0 spiro atoms. The molecule has 3 aromatic carbocycles. The van der Waals surface area contributed by atoms with Gasteiger partial charge in [-0.1, -0.05) is 36.6 Å². The Morgan fingerprint density at radius 1 is 1.14 bits per heavy atom. The third-order valence-electron chi connectivity index (χ3n) is 7.29. The molecule has 0 bridgehead atoms. The number of hydrogen-bond acceptors (Lipinski definition) is 3. The number of aromatic nitrogens is 2. The fourth-order valence-corrected chi connectivity index (χ4v) is 5.08. The van der Waals surface area contributed by atoms with Gasteiger partial charge in [0.05, 0.1) is 11.1 Å². The predicted molar refractivity (Wildman–Crippen MR) is 160 cm³/mol. The number of hydrogen-bond donors (Lipinski definition) is 0. The molecule has 0 unspecified atom stereocenters. The molecule has 42 heavy (non-hydrogen) atoms. The number of carbonyl (C=O) groups excluding carboxylic acids is 1. The standard InChI is InChI=1S/C30H26ClFN4O.C3H6F.Li/c31-23-6-4-5-22(15-23)29-26-16-27(32)25(17-28(26)36(34-29)19-21-9-10-21)30(37)35-13-11-20(12-14-35)18-33-24-7-2-1-3-8-24;1-2-3-4;/h1-7,15-17,20-21H,9-14,19H2;3H,2H2,1H3;/q-2;-1;+1. The van der Waals surface area contributed by atoms with Crippen LogP contribution >= 0.6 is 11.6 Å². The van der Waals surface area contributed by atoms with Gasteiger partial charge in [0, 0.05) is 35.6 Å². The summed E-state index contributed by atoms with van der Waals surface area (Å²) >= 11 is 6.22. The Morgan fingerprint density at radius 3 is 2.55 bits per heavy atom. The normalized spacial score (nSPS) is 15.4. The van der Waals surface area contributed by atoms with Gasteiger partial charge in [0.25, 0.3) is 5.91 Å². The third-order valence-corrected chi connectivity index (χ3v) is 7.53. The van der Waals surface area contributed by atoms with Gasteiger partial charge < -0.3 is 14.3 Å². The summed E-state index contributed by atoms with van der Waals surface area (Å²) in [6, 6.07) is 21.1. The summed E-state index contributed by atoms with van der Waals surface area (Å²) < 4.78 is 28.0. The summed E-state index contributed by atoms with van der Waals surface area (Å²) in [6.07, 6.45) is 7.53. The van der Waals surface area contributed by atoms with Crippen molar-refractivity contribution in [2.24, 2.45) is 16.8 Å². The number of likely N-dealkylation sites (tertiary alicyclic amines) is 1. The van der Waals surface area contributed by atoms with E-state index in [-0.39, 0.29) is 36.2 Å². The quantitative estimate of drug-likeness (QED) is 0.168. The predicted octanol–water partition coefficient (Wildman–Crippen LogP) is 5.37. The van der Waals surface area contributed by atoms with Crippen LogP contribution in [0.15, 0.2) is 65.7 Å². The van der Waals surface area contributed by atoms with Crippen LogP contribution in [0.5, 0.6) is 0 Å². The minimum absolute atomic E-state index is 0. The van der Waals surface area contributed by atoms with Crippen LogP contribution in [-0.2, 0) is 6.54 Å². The molecule has 1 aliphatic heterocycles. The van der Waals surface area contributed by atoms with Crippen LogP contribution in [0.3, 0.4) is 0 Å². The zero-order valence-electron chi connectivity index (χ0n) is 24.0. The van der Waals surface area contributed by atoms with Crippen LogP contribution < -0.4 is 18.9 Å². The van der Waals surface area contributed by atoms with E-state index in [2.05, 4.69) is 17.3 Å². The molecule has 1 aliphatic carbocycles. The van der Waals surface area contributed by atoms with E-state index in [1.54, 1.807) is 24.0 Å². The van der Waals surface area contributed by atoms with Gasteiger partial charge in [0.1, 0.15) is 11.5 Å². The summed E-state index contributed by atoms with van der Waals surface area (Å²) in [6.45, 7) is 4.21. The molecule has 0 N–H and O–H groups in total. The van der Waals surface area contributed by atoms with E-state index in [4.69, 9.17) is 16.7 Å². The maximum Gasteiger partial charge on any atom is 1.00 e. The number of piperidine rings is 1. The van der Waals surface area contributed by atoms with Gasteiger partial charge in [-0.3, -0.25) is 15.5 Å². The average Bonchev–Trinajstić information content (AvgIpc) is 3.76. The monoisotopic (exact) mass is 580 g/mol. The molecule has 1 amide bonds. The number of nitrogens with zero attached hydrogens (tertiary/aromatic N) is 4. The number of rotatable bonds is 7. The van der Waals surface area contributed by atoms with E-state index in [1.807, 2.05) is 47.1 Å². The molecular weight excluding hydrogens is 549 g/mol. The minimum atomic E-state index is -0.526. The maximum atomic E-state index is 15.4. The molecule has 4 aromatic rings. The third kappa shape index (κ3) is 7.89. The molecule has 0 atom stereocenters. The molecule has 0 radical (unpaired) electrons. The van der Waals surface area contributed by atoms with Crippen LogP contribution in [0.4, 0.5) is 14.5 Å². The number of benzene rings is 3. The number of para-hydroxylation sites is 1. The number of carbonyl (C=O) groups is 1. The Morgan fingerprint density at radius 2 is 1.90 bits per heavy atom. The van der Waals surface area contributed by atoms with E-state index in [0.29, 0.717) is 48.2 Å². The number of halogens is 3. The molecule has 1 saturated carbocycles. The zero-order chi connectivity index (χ0) is 28.8. The summed E-state index contributed by atoms with van der Waals surface area (Å²) in [5, 5.41) is 6.13. The van der Waals surface area contributed by atoms with E-state index >= 15 is 4.39 Å². The first-order valence-electron chi connectivity index (χ1n) is 14.1. The summed E-state index contributed by atoms with van der Waals surface area (Å²) in [4.78, 5) is 19.5. The van der Waals surface area contributed by atoms with Crippen molar-refractivity contribution in [3.63, 3.8) is 0 Å². The van der Waals surface area contributed by atoms with Crippen molar-refractivity contribution in [1.82, 2.24) is 14.7 Å². The zero-order valence-corrected chi connectivity index (χ0v) is 24.7. The Hall–Kier alpha value is -2.98. The van der Waals surface area contributed by atoms with E-state index in [0.717, 1.165) is 36.2 Å². The van der Waals surface area contributed by atoms with E-state index in [1.165, 1.54) is 18.9 Å². The van der Waals surface area contributed by atoms with Gasteiger partial charge in [-0.2, -0.15) is 42.6 Å². The van der Waals surface area contributed by atoms with Crippen LogP contribution in [0.25, 0.3) is 22.2 Å². The topological polar surface area (TPSA) is 50.5 Å². The summed E-state index contributed by atoms with van der Waals surface area (Å²) in [5.74, 6) is -0.0774. The van der Waals surface area contributed by atoms with Crippen molar-refractivity contribution in [2.75, 3.05) is 13.1 Å². The minimum Gasteiger partial charge on any atom is -0.481 e. The molecule has 5 nitrogen and oxygen atoms in total. The molecule has 214 valence electrons. The van der Waals surface area contributed by atoms with Crippen LogP contribution in [0.1, 0.15) is 49.4 Å². The first-order chi connectivity index (χ1) is 20.0. The molecule has 1 aromatic heterocycles. The number of aliphatic imine (C=N–C) groups is 1. The fraction of sp³-hybridized carbons (Fsp3) is 0.333. The molecule has 2 fully saturated rings. The smallest absolute Gasteiger partial charge is 0.481 e. The van der Waals surface area contributed by atoms with Gasteiger partial charge in [0.2, 0.25) is 0 Å². The van der Waals surface area contributed by atoms with Crippen molar-refractivity contribution >= 4 is 40.3 Å². The second-order valence-electron chi connectivity index (χ2n) is 10.5. The first kappa shape index (κ1) is 31.9. The largest absolute Gasteiger partial charge is 1.00 e. The Kier molecular flexibility index (Phi) is 11.4. The Labute approximate surface area is 263 Å². The molecular formula is C33H32ClF2LiN4O-2. The van der Waals surface area contributed by atoms with Gasteiger partial charge in [0.15, 0.2) is 0 Å². The molecule has 1 saturated heterocycles. The second-order valence-corrected chi connectivity index (χ2v) is 10.9. The van der Waals surface area contributed by atoms with Gasteiger partial charge >= 0.3 is 18.9 Å². The molecule has 2 heterocycles. The average molecular weight is 581 g/mol. The summed E-state index contributed by atoms with van der Waals surface area (Å²) in [7, 11) is 0. The maximum absolute atomic E-state index is 15.4. The van der Waals surface area contributed by atoms with E-state index < -0.39 is 5.82 Å². The van der Waals surface area contributed by atoms with Gasteiger partial charge in [-0.05, 0) is 55.9 Å². The Balaban J connectivity index is 0.000000763. The van der Waals surface area contributed by atoms with Crippen LogP contribution in [-0.4, -0.2) is 39.9 Å². The Bertz CT molecular complexity index is 1510. The van der Waals surface area contributed by atoms with Crippen molar-refractivity contribution in [3.8, 4) is 11.3 Å². The molecule has 6 rings (SSSR count). The van der Waals surface area contributed by atoms with Crippen LogP contribution in [0.2, 0.25) is 5.02 Å². The van der Waals surface area contributed by atoms with Crippen molar-refractivity contribution < 1.29 is 32.4 Å². The van der Waals surface area contributed by atoms with E-state index in [9.17, 15) is 9.18 Å². The molecule has 2 aliphatic rings. The van der Waals surface area contributed by atoms with Crippen molar-refractivity contribution in [2.45, 2.75) is 45.6 Å². The number of amides is 1. The molecule has 9 heteroatoms. The van der Waals surface area contributed by atoms with Crippen LogP contribution in [0, 0.1) is 30.4 Å². The van der Waals surface area contributed by atoms with Gasteiger partial charge in [-0.25, -0.2) is 16.1 Å². The first-order valence-corrected chi connectivity index (χ1v) is 14.4. The summed E-state index contributed by atoms with van der Waals surface area (Å²) in [5.41, 5.74) is 3.13. The number of fused-ring (bicyclic) bond motifs is 1. The van der Waals surface area contributed by atoms with Crippen molar-refractivity contribution in [3.05, 3.63) is 89.8 Å². The second kappa shape index (κ2) is 15.0. The fourth-order valence-electron chi connectivity index (χ4n) is 4.89. The van der Waals surface area contributed by atoms with Gasteiger partial charge in [-0.15, -0.1) is 0 Å².